The SMILES string of the molecule is CS(=O)(=O)Oc1cc(C(=O)OC(Cc2c(Cl)cncc2Cl)c2ccc(OC(F)F)c(OCC3CC3)c2)ccc1O. The number of pyridine rings is 1. The number of phenolic OH excluding ortho intramolecular Hbond substituents is 1. The molecule has 14 heteroatoms. The highest BCUT2D eigenvalue weighted by Gasteiger charge is 2.26. The van der Waals surface area contributed by atoms with Crippen molar-refractivity contribution in [1.82, 2.24) is 4.98 Å². The average Bonchev–Trinajstić information content (AvgIpc) is 3.70. The van der Waals surface area contributed by atoms with E-state index in [1.165, 1.54) is 36.7 Å². The van der Waals surface area contributed by atoms with E-state index in [-0.39, 0.29) is 33.5 Å². The molecule has 1 unspecified atom stereocenters. The fraction of sp³-hybridized carbons (Fsp3) is 0.308. The van der Waals surface area contributed by atoms with Gasteiger partial charge in [0.2, 0.25) is 0 Å². The minimum Gasteiger partial charge on any atom is -0.504 e. The lowest BCUT2D eigenvalue weighted by atomic mass is 10.0. The van der Waals surface area contributed by atoms with Gasteiger partial charge >= 0.3 is 22.7 Å². The number of carbonyl (C=O) groups excluding carboxylic acids is 1. The van der Waals surface area contributed by atoms with Crippen LogP contribution in [-0.2, 0) is 21.3 Å². The predicted molar refractivity (Wildman–Crippen MR) is 141 cm³/mol. The lowest BCUT2D eigenvalue weighted by Gasteiger charge is -2.22. The van der Waals surface area contributed by atoms with Gasteiger partial charge in [-0.2, -0.15) is 17.2 Å². The molecule has 1 aliphatic rings. The molecule has 214 valence electrons. The molecule has 2 aromatic carbocycles. The van der Waals surface area contributed by atoms with Crippen molar-refractivity contribution in [2.75, 3.05) is 12.9 Å². The van der Waals surface area contributed by atoms with Crippen molar-refractivity contribution >= 4 is 39.3 Å². The third-order valence-corrected chi connectivity index (χ3v) is 6.89. The first-order valence-electron chi connectivity index (χ1n) is 11.8. The maximum atomic E-state index is 13.2. The maximum absolute atomic E-state index is 13.2. The molecule has 1 aromatic heterocycles. The summed E-state index contributed by atoms with van der Waals surface area (Å²) in [6.45, 7) is -2.79. The Balaban J connectivity index is 1.69. The van der Waals surface area contributed by atoms with Crippen LogP contribution in [0, 0.1) is 5.92 Å². The second-order valence-electron chi connectivity index (χ2n) is 8.99. The fourth-order valence-electron chi connectivity index (χ4n) is 3.64. The number of aromatic nitrogens is 1. The van der Waals surface area contributed by atoms with Crippen molar-refractivity contribution in [3.05, 3.63) is 75.5 Å². The molecular weight excluding hydrogens is 595 g/mol. The van der Waals surface area contributed by atoms with Gasteiger partial charge < -0.3 is 23.5 Å². The molecule has 1 fully saturated rings. The molecule has 1 atom stereocenters. The zero-order chi connectivity index (χ0) is 29.0. The first-order chi connectivity index (χ1) is 18.9. The van der Waals surface area contributed by atoms with Crippen LogP contribution in [0.3, 0.4) is 0 Å². The van der Waals surface area contributed by atoms with Crippen LogP contribution in [0.25, 0.3) is 0 Å². The van der Waals surface area contributed by atoms with Gasteiger partial charge in [0.25, 0.3) is 0 Å². The zero-order valence-electron chi connectivity index (χ0n) is 20.9. The number of esters is 1. The van der Waals surface area contributed by atoms with Crippen molar-refractivity contribution < 1.29 is 45.5 Å². The fourth-order valence-corrected chi connectivity index (χ4v) is 4.62. The van der Waals surface area contributed by atoms with Gasteiger partial charge in [-0.05, 0) is 54.2 Å². The van der Waals surface area contributed by atoms with Crippen LogP contribution < -0.4 is 13.7 Å². The van der Waals surface area contributed by atoms with E-state index >= 15 is 0 Å². The standard InChI is InChI=1S/C26H23Cl2F2NO8S/c1-40(34,35)39-23-9-16(4-6-20(23)32)25(33)37-22(10-17-18(27)11-31-12-19(17)28)15-5-7-21(38-26(29)30)24(8-15)36-13-14-2-3-14/h4-9,11-12,14,22,26,32H,2-3,10,13H2,1H3. The van der Waals surface area contributed by atoms with Crippen molar-refractivity contribution in [1.29, 1.82) is 0 Å². The van der Waals surface area contributed by atoms with Crippen LogP contribution in [0.4, 0.5) is 8.78 Å². The number of carbonyl (C=O) groups is 1. The monoisotopic (exact) mass is 617 g/mol. The first-order valence-corrected chi connectivity index (χ1v) is 14.4. The lowest BCUT2D eigenvalue weighted by molar-refractivity contribution is -0.0515. The first kappa shape index (κ1) is 29.6. The summed E-state index contributed by atoms with van der Waals surface area (Å²) in [6, 6.07) is 7.42. The molecule has 40 heavy (non-hydrogen) atoms. The van der Waals surface area contributed by atoms with Gasteiger partial charge in [-0.15, -0.1) is 0 Å². The second kappa shape index (κ2) is 12.4. The van der Waals surface area contributed by atoms with E-state index in [2.05, 4.69) is 9.72 Å². The predicted octanol–water partition coefficient (Wildman–Crippen LogP) is 5.96. The Bertz CT molecular complexity index is 1480. The number of aromatic hydroxyl groups is 1. The summed E-state index contributed by atoms with van der Waals surface area (Å²) in [5.74, 6) is -1.75. The summed E-state index contributed by atoms with van der Waals surface area (Å²) >= 11 is 12.6. The Morgan fingerprint density at radius 2 is 1.77 bits per heavy atom. The van der Waals surface area contributed by atoms with Gasteiger partial charge in [-0.1, -0.05) is 29.3 Å². The number of phenols is 1. The van der Waals surface area contributed by atoms with Crippen LogP contribution in [0.1, 0.15) is 40.4 Å². The van der Waals surface area contributed by atoms with E-state index in [0.717, 1.165) is 31.2 Å². The van der Waals surface area contributed by atoms with Gasteiger partial charge in [0.05, 0.1) is 28.5 Å². The average molecular weight is 618 g/mol. The van der Waals surface area contributed by atoms with Crippen molar-refractivity contribution in [3.8, 4) is 23.0 Å². The zero-order valence-corrected chi connectivity index (χ0v) is 23.2. The van der Waals surface area contributed by atoms with Crippen molar-refractivity contribution in [3.63, 3.8) is 0 Å². The van der Waals surface area contributed by atoms with Crippen LogP contribution >= 0.6 is 23.2 Å². The Morgan fingerprint density at radius 1 is 1.07 bits per heavy atom. The molecule has 0 aliphatic heterocycles. The van der Waals surface area contributed by atoms with E-state index in [0.29, 0.717) is 23.7 Å². The Kier molecular flexibility index (Phi) is 9.22. The molecule has 1 saturated carbocycles. The van der Waals surface area contributed by atoms with E-state index in [1.54, 1.807) is 0 Å². The number of hydrogen-bond acceptors (Lipinski definition) is 9. The maximum Gasteiger partial charge on any atom is 0.387 e. The summed E-state index contributed by atoms with van der Waals surface area (Å²) in [4.78, 5) is 17.1. The highest BCUT2D eigenvalue weighted by Crippen LogP contribution is 2.38. The number of alkyl halides is 2. The number of nitrogens with zero attached hydrogens (tertiary/aromatic N) is 1. The van der Waals surface area contributed by atoms with Crippen LogP contribution in [0.5, 0.6) is 23.0 Å². The Hall–Kier alpha value is -3.35. The lowest BCUT2D eigenvalue weighted by Crippen LogP contribution is -2.16. The molecule has 0 bridgehead atoms. The number of ether oxygens (including phenoxy) is 3. The molecule has 0 amide bonds. The summed E-state index contributed by atoms with van der Waals surface area (Å²) in [5, 5.41) is 10.4. The Labute approximate surface area is 238 Å². The summed E-state index contributed by atoms with van der Waals surface area (Å²) in [7, 11) is -4.01. The van der Waals surface area contributed by atoms with Crippen LogP contribution in [-0.4, -0.2) is 44.0 Å². The third kappa shape index (κ3) is 8.09. The molecule has 1 heterocycles. The topological polar surface area (TPSA) is 121 Å². The number of halogens is 4. The van der Waals surface area contributed by atoms with Gasteiger partial charge in [0.15, 0.2) is 23.0 Å². The third-order valence-electron chi connectivity index (χ3n) is 5.75. The molecule has 9 nitrogen and oxygen atoms in total. The number of benzene rings is 2. The van der Waals surface area contributed by atoms with Gasteiger partial charge in [0.1, 0.15) is 6.10 Å². The van der Waals surface area contributed by atoms with Crippen molar-refractivity contribution in [2.24, 2.45) is 5.92 Å². The molecule has 1 aliphatic carbocycles. The number of rotatable bonds is 12. The number of hydrogen-bond donors (Lipinski definition) is 1. The van der Waals surface area contributed by atoms with Crippen LogP contribution in [0.15, 0.2) is 48.8 Å². The summed E-state index contributed by atoms with van der Waals surface area (Å²) in [5.41, 5.74) is 0.601. The summed E-state index contributed by atoms with van der Waals surface area (Å²) in [6.07, 6.45) is 4.29. The smallest absolute Gasteiger partial charge is 0.387 e. The minimum absolute atomic E-state index is 0.0335. The van der Waals surface area contributed by atoms with E-state index in [4.69, 9.17) is 36.9 Å². The summed E-state index contributed by atoms with van der Waals surface area (Å²) < 4.78 is 70.0. The largest absolute Gasteiger partial charge is 0.504 e. The van der Waals surface area contributed by atoms with Crippen LogP contribution in [0.2, 0.25) is 10.0 Å². The highest BCUT2D eigenvalue weighted by molar-refractivity contribution is 7.86. The molecule has 1 N–H and O–H groups in total. The molecule has 4 rings (SSSR count). The minimum atomic E-state index is -4.01. The molecular formula is C26H23Cl2F2NO8S. The van der Waals surface area contributed by atoms with Gasteiger partial charge in [-0.25, -0.2) is 4.79 Å². The van der Waals surface area contributed by atoms with E-state index < -0.39 is 40.3 Å². The molecule has 0 spiro atoms. The van der Waals surface area contributed by atoms with E-state index in [9.17, 15) is 27.1 Å². The molecule has 3 aromatic rings. The normalized spacial score (nSPS) is 14.1. The van der Waals surface area contributed by atoms with Gasteiger partial charge in [0, 0.05) is 24.9 Å². The van der Waals surface area contributed by atoms with E-state index in [1.807, 2.05) is 0 Å². The van der Waals surface area contributed by atoms with Crippen molar-refractivity contribution in [2.45, 2.75) is 32.0 Å². The van der Waals surface area contributed by atoms with Gasteiger partial charge in [-0.3, -0.25) is 4.98 Å². The molecule has 0 radical (unpaired) electrons. The second-order valence-corrected chi connectivity index (χ2v) is 11.4. The molecule has 0 saturated heterocycles. The highest BCUT2D eigenvalue weighted by atomic mass is 35.5. The Morgan fingerprint density at radius 3 is 2.40 bits per heavy atom. The quantitative estimate of drug-likeness (QED) is 0.194.